The van der Waals surface area contributed by atoms with Crippen molar-refractivity contribution < 1.29 is 58.6 Å². The first-order chi connectivity index (χ1) is 26.6. The maximum atomic E-state index is 12.9. The van der Waals surface area contributed by atoms with Crippen LogP contribution in [-0.4, -0.2) is 101 Å². The monoisotopic (exact) mass is 774 g/mol. The summed E-state index contributed by atoms with van der Waals surface area (Å²) in [5.74, 6) is -0.0779. The molecule has 10 atom stereocenters. The minimum absolute atomic E-state index is 0.0236. The molecule has 310 valence electrons. The molecule has 3 rings (SSSR count). The van der Waals surface area contributed by atoms with Gasteiger partial charge in [0.15, 0.2) is 24.0 Å². The summed E-state index contributed by atoms with van der Waals surface area (Å²) in [4.78, 5) is 50.0. The Morgan fingerprint density at radius 1 is 0.709 bits per heavy atom. The van der Waals surface area contributed by atoms with Crippen LogP contribution in [0.3, 0.4) is 0 Å². The zero-order valence-electron chi connectivity index (χ0n) is 32.9. The molecule has 3 aliphatic rings. The van der Waals surface area contributed by atoms with Gasteiger partial charge in [-0.25, -0.2) is 0 Å². The van der Waals surface area contributed by atoms with Crippen LogP contribution in [0.4, 0.5) is 0 Å². The lowest BCUT2D eigenvalue weighted by molar-refractivity contribution is -0.305. The predicted octanol–water partition coefficient (Wildman–Crippen LogP) is 5.39. The summed E-state index contributed by atoms with van der Waals surface area (Å²) in [6.45, 7) is 2.89. The van der Waals surface area contributed by atoms with E-state index in [-0.39, 0.29) is 61.3 Å². The number of allylic oxidation sites excluding steroid dienone is 8. The van der Waals surface area contributed by atoms with Crippen molar-refractivity contribution >= 4 is 23.5 Å². The van der Waals surface area contributed by atoms with Crippen molar-refractivity contribution in [2.45, 2.75) is 153 Å². The first kappa shape index (κ1) is 46.4. The smallest absolute Gasteiger partial charge is 0.306 e. The van der Waals surface area contributed by atoms with Gasteiger partial charge >= 0.3 is 11.9 Å². The Kier molecular flexibility index (Phi) is 21.9. The van der Waals surface area contributed by atoms with Gasteiger partial charge in [-0.1, -0.05) is 88.8 Å². The zero-order valence-corrected chi connectivity index (χ0v) is 32.9. The van der Waals surface area contributed by atoms with Crippen LogP contribution in [0.5, 0.6) is 0 Å². The number of esters is 2. The van der Waals surface area contributed by atoms with Crippen LogP contribution in [0.15, 0.2) is 48.6 Å². The summed E-state index contributed by atoms with van der Waals surface area (Å²) >= 11 is 0. The fourth-order valence-corrected chi connectivity index (χ4v) is 7.40. The summed E-state index contributed by atoms with van der Waals surface area (Å²) in [7, 11) is 0. The number of ether oxygens (including phenoxy) is 4. The first-order valence-electron chi connectivity index (χ1n) is 20.6. The number of aliphatic hydroxyl groups excluding tert-OH is 4. The predicted molar refractivity (Wildman–Crippen MR) is 206 cm³/mol. The summed E-state index contributed by atoms with van der Waals surface area (Å²) in [6, 6.07) is 0. The molecular formula is C43H66O12. The summed E-state index contributed by atoms with van der Waals surface area (Å²) in [5, 5.41) is 40.1. The second-order valence-electron chi connectivity index (χ2n) is 15.0. The molecule has 0 radical (unpaired) electrons. The standard InChI is InChI=1S/C43H66O12/c1-3-5-11-19-33-30(23-25-35(33)45)17-13-8-7-9-15-21-38(47)52-28-32(29-53-43-42(51)41(50)40(49)37(27-44)55-43)54-39(48)22-16-10-14-18-31-24-26-36(46)34(31)20-12-6-4-2/h5-6,11-12,23-26,30-34,37,40-44,49-51H,3-4,7-10,13-22,27-29H2,1-2H3/b11-5-,12-6-/t30-,31-,32-,33+,34+,37-,40+,41+,42-,43-/m1/s1. The van der Waals surface area contributed by atoms with Crippen LogP contribution in [0.25, 0.3) is 0 Å². The molecule has 1 saturated heterocycles. The van der Waals surface area contributed by atoms with Crippen LogP contribution in [0.1, 0.15) is 117 Å². The molecule has 0 aromatic rings. The largest absolute Gasteiger partial charge is 0.462 e. The van der Waals surface area contributed by atoms with E-state index in [2.05, 4.69) is 38.2 Å². The van der Waals surface area contributed by atoms with E-state index < -0.39 is 55.4 Å². The van der Waals surface area contributed by atoms with E-state index >= 15 is 0 Å². The van der Waals surface area contributed by atoms with Crippen LogP contribution in [0.2, 0.25) is 0 Å². The third kappa shape index (κ3) is 16.2. The van der Waals surface area contributed by atoms with E-state index in [0.717, 1.165) is 77.0 Å². The van der Waals surface area contributed by atoms with Crippen molar-refractivity contribution in [2.75, 3.05) is 19.8 Å². The van der Waals surface area contributed by atoms with E-state index in [4.69, 9.17) is 18.9 Å². The Hall–Kier alpha value is -3.00. The number of hydrogen-bond acceptors (Lipinski definition) is 12. The minimum Gasteiger partial charge on any atom is -0.462 e. The summed E-state index contributed by atoms with van der Waals surface area (Å²) in [6.07, 6.45) is 19.5. The van der Waals surface area contributed by atoms with Gasteiger partial charge < -0.3 is 39.4 Å². The third-order valence-electron chi connectivity index (χ3n) is 10.7. The molecule has 2 aliphatic carbocycles. The molecular weight excluding hydrogens is 708 g/mol. The van der Waals surface area contributed by atoms with E-state index in [9.17, 15) is 39.6 Å². The van der Waals surface area contributed by atoms with Gasteiger partial charge in [-0.05, 0) is 75.4 Å². The van der Waals surface area contributed by atoms with Gasteiger partial charge in [-0.2, -0.15) is 0 Å². The number of unbranched alkanes of at least 4 members (excludes halogenated alkanes) is 6. The summed E-state index contributed by atoms with van der Waals surface area (Å²) in [5.41, 5.74) is 0. The Bertz CT molecular complexity index is 1290. The van der Waals surface area contributed by atoms with Gasteiger partial charge in [-0.3, -0.25) is 19.2 Å². The second kappa shape index (κ2) is 26.0. The summed E-state index contributed by atoms with van der Waals surface area (Å²) < 4.78 is 22.1. The number of rotatable bonds is 27. The molecule has 0 saturated carbocycles. The zero-order chi connectivity index (χ0) is 40.0. The highest BCUT2D eigenvalue weighted by Gasteiger charge is 2.44. The minimum atomic E-state index is -1.63. The average molecular weight is 775 g/mol. The van der Waals surface area contributed by atoms with Crippen molar-refractivity contribution in [3.63, 3.8) is 0 Å². The van der Waals surface area contributed by atoms with Crippen molar-refractivity contribution in [2.24, 2.45) is 23.7 Å². The lowest BCUT2D eigenvalue weighted by atomic mass is 9.87. The average Bonchev–Trinajstić information content (AvgIpc) is 3.71. The van der Waals surface area contributed by atoms with Gasteiger partial charge in [-0.15, -0.1) is 0 Å². The van der Waals surface area contributed by atoms with Crippen molar-refractivity contribution in [3.8, 4) is 0 Å². The van der Waals surface area contributed by atoms with E-state index in [1.807, 2.05) is 12.2 Å². The molecule has 0 spiro atoms. The fourth-order valence-electron chi connectivity index (χ4n) is 7.40. The fraction of sp³-hybridized carbons (Fsp3) is 0.721. The molecule has 12 nitrogen and oxygen atoms in total. The highest BCUT2D eigenvalue weighted by atomic mass is 16.7. The highest BCUT2D eigenvalue weighted by molar-refractivity contribution is 5.95. The molecule has 1 fully saturated rings. The molecule has 4 N–H and O–H groups in total. The van der Waals surface area contributed by atoms with E-state index in [1.165, 1.54) is 0 Å². The molecule has 1 heterocycles. The highest BCUT2D eigenvalue weighted by Crippen LogP contribution is 2.32. The molecule has 0 amide bonds. The van der Waals surface area contributed by atoms with Gasteiger partial charge in [0.05, 0.1) is 13.2 Å². The van der Waals surface area contributed by atoms with Crippen LogP contribution < -0.4 is 0 Å². The molecule has 1 aliphatic heterocycles. The maximum absolute atomic E-state index is 12.9. The Morgan fingerprint density at radius 2 is 1.24 bits per heavy atom. The SMILES string of the molecule is CC/C=C\C[C@@H]1C(=O)C=C[C@H]1CCCCCCCC(=O)OC[C@H](CO[C@@H]1O[C@H](CO)[C@H](O)[C@H](O)[C@H]1O)OC(=O)CCCCC[C@@H]1C=CC(=O)[C@H]1C/C=C\CC. The number of carbonyl (C=O) groups excluding carboxylic acids is 4. The topological polar surface area (TPSA) is 186 Å². The first-order valence-corrected chi connectivity index (χ1v) is 20.6. The molecule has 0 aromatic carbocycles. The van der Waals surface area contributed by atoms with Gasteiger partial charge in [0, 0.05) is 24.7 Å². The quantitative estimate of drug-likeness (QED) is 0.0474. The number of carbonyl (C=O) groups is 4. The van der Waals surface area contributed by atoms with Gasteiger partial charge in [0.2, 0.25) is 0 Å². The normalized spacial score (nSPS) is 28.5. The van der Waals surface area contributed by atoms with E-state index in [0.29, 0.717) is 12.8 Å². The van der Waals surface area contributed by atoms with Crippen molar-refractivity contribution in [1.29, 1.82) is 0 Å². The van der Waals surface area contributed by atoms with Crippen LogP contribution >= 0.6 is 0 Å². The number of hydrogen-bond donors (Lipinski definition) is 4. The lowest BCUT2D eigenvalue weighted by Gasteiger charge is -2.39. The van der Waals surface area contributed by atoms with E-state index in [1.54, 1.807) is 12.2 Å². The Morgan fingerprint density at radius 3 is 1.80 bits per heavy atom. The molecule has 55 heavy (non-hydrogen) atoms. The Balaban J connectivity index is 1.39. The van der Waals surface area contributed by atoms with Gasteiger partial charge in [0.25, 0.3) is 0 Å². The van der Waals surface area contributed by atoms with Crippen molar-refractivity contribution in [1.82, 2.24) is 0 Å². The Labute approximate surface area is 327 Å². The molecule has 0 bridgehead atoms. The number of ketones is 2. The second-order valence-corrected chi connectivity index (χ2v) is 15.0. The maximum Gasteiger partial charge on any atom is 0.306 e. The molecule has 0 aromatic heterocycles. The number of aliphatic hydroxyl groups is 4. The van der Waals surface area contributed by atoms with Crippen LogP contribution in [0, 0.1) is 23.7 Å². The lowest BCUT2D eigenvalue weighted by Crippen LogP contribution is -2.59. The molecule has 12 heteroatoms. The molecule has 0 unspecified atom stereocenters. The third-order valence-corrected chi connectivity index (χ3v) is 10.7. The van der Waals surface area contributed by atoms with Gasteiger partial charge in [0.1, 0.15) is 31.0 Å². The van der Waals surface area contributed by atoms with Crippen molar-refractivity contribution in [3.05, 3.63) is 48.6 Å². The van der Waals surface area contributed by atoms with Crippen LogP contribution in [-0.2, 0) is 38.1 Å².